The third-order valence-corrected chi connectivity index (χ3v) is 4.24. The minimum absolute atomic E-state index is 0.112. The normalized spacial score (nSPS) is 12.9. The highest BCUT2D eigenvalue weighted by atomic mass is 35.5. The molecule has 0 atom stereocenters. The number of hydrogen-bond acceptors (Lipinski definition) is 2. The summed E-state index contributed by atoms with van der Waals surface area (Å²) in [5.41, 5.74) is 3.76. The van der Waals surface area contributed by atoms with Crippen molar-refractivity contribution in [2.75, 3.05) is 23.8 Å². The van der Waals surface area contributed by atoms with E-state index in [0.29, 0.717) is 30.1 Å². The van der Waals surface area contributed by atoms with Gasteiger partial charge in [-0.05, 0) is 41.8 Å². The van der Waals surface area contributed by atoms with Crippen LogP contribution in [0.25, 0.3) is 0 Å². The van der Waals surface area contributed by atoms with Gasteiger partial charge in [0.05, 0.1) is 6.42 Å². The summed E-state index contributed by atoms with van der Waals surface area (Å²) in [6.07, 6.45) is 1.15. The van der Waals surface area contributed by atoms with Gasteiger partial charge in [0.1, 0.15) is 0 Å². The van der Waals surface area contributed by atoms with Crippen molar-refractivity contribution in [3.05, 3.63) is 58.6 Å². The van der Waals surface area contributed by atoms with Crippen molar-refractivity contribution in [3.8, 4) is 0 Å². The summed E-state index contributed by atoms with van der Waals surface area (Å²) in [6, 6.07) is 12.7. The average molecular weight is 344 g/mol. The highest BCUT2D eigenvalue weighted by Crippen LogP contribution is 2.28. The van der Waals surface area contributed by atoms with Crippen LogP contribution in [0, 0.1) is 0 Å². The summed E-state index contributed by atoms with van der Waals surface area (Å²) in [5.74, 6) is 0.112. The molecule has 3 rings (SSSR count). The van der Waals surface area contributed by atoms with Crippen molar-refractivity contribution < 1.29 is 9.59 Å². The van der Waals surface area contributed by atoms with E-state index in [4.69, 9.17) is 11.6 Å². The molecule has 6 heteroatoms. The van der Waals surface area contributed by atoms with E-state index in [9.17, 15) is 9.59 Å². The summed E-state index contributed by atoms with van der Waals surface area (Å²) < 4.78 is 0. The van der Waals surface area contributed by atoms with Gasteiger partial charge in [-0.2, -0.15) is 0 Å². The molecule has 0 aromatic heterocycles. The third kappa shape index (κ3) is 3.68. The quantitative estimate of drug-likeness (QED) is 0.895. The fraction of sp³-hybridized carbons (Fsp3) is 0.222. The van der Waals surface area contributed by atoms with Crippen LogP contribution in [0.2, 0.25) is 5.02 Å². The molecule has 0 fully saturated rings. The maximum absolute atomic E-state index is 11.9. The van der Waals surface area contributed by atoms with E-state index >= 15 is 0 Å². The second-order valence-corrected chi connectivity index (χ2v) is 6.17. The fourth-order valence-corrected chi connectivity index (χ4v) is 2.93. The SMILES string of the molecule is CN1C(=O)Cc2cc(CCNC(=O)Nc3cccc(Cl)c3)ccc21. The summed E-state index contributed by atoms with van der Waals surface area (Å²) in [4.78, 5) is 25.2. The van der Waals surface area contributed by atoms with Crippen molar-refractivity contribution in [2.45, 2.75) is 12.8 Å². The molecule has 5 nitrogen and oxygen atoms in total. The van der Waals surface area contributed by atoms with Gasteiger partial charge in [-0.25, -0.2) is 4.79 Å². The van der Waals surface area contributed by atoms with E-state index in [1.54, 1.807) is 36.2 Å². The molecule has 0 unspecified atom stereocenters. The molecule has 1 heterocycles. The zero-order valence-corrected chi connectivity index (χ0v) is 14.1. The number of benzene rings is 2. The molecule has 24 heavy (non-hydrogen) atoms. The lowest BCUT2D eigenvalue weighted by Gasteiger charge is -2.11. The molecule has 124 valence electrons. The molecule has 1 aliphatic rings. The number of nitrogens with zero attached hydrogens (tertiary/aromatic N) is 1. The van der Waals surface area contributed by atoms with E-state index in [1.165, 1.54) is 0 Å². The van der Waals surface area contributed by atoms with Gasteiger partial charge in [0, 0.05) is 30.0 Å². The molecule has 1 aliphatic heterocycles. The Bertz CT molecular complexity index is 792. The molecule has 0 aliphatic carbocycles. The average Bonchev–Trinajstić information content (AvgIpc) is 2.81. The first-order chi connectivity index (χ1) is 11.5. The van der Waals surface area contributed by atoms with Crippen LogP contribution in [0.4, 0.5) is 16.2 Å². The maximum Gasteiger partial charge on any atom is 0.319 e. The van der Waals surface area contributed by atoms with Crippen LogP contribution in [0.1, 0.15) is 11.1 Å². The van der Waals surface area contributed by atoms with Crippen LogP contribution < -0.4 is 15.5 Å². The van der Waals surface area contributed by atoms with E-state index in [-0.39, 0.29) is 11.9 Å². The fourth-order valence-electron chi connectivity index (χ4n) is 2.74. The minimum atomic E-state index is -0.270. The lowest BCUT2D eigenvalue weighted by atomic mass is 10.1. The second-order valence-electron chi connectivity index (χ2n) is 5.73. The Balaban J connectivity index is 1.51. The molecule has 0 saturated heterocycles. The zero-order valence-electron chi connectivity index (χ0n) is 13.3. The van der Waals surface area contributed by atoms with Crippen LogP contribution in [0.15, 0.2) is 42.5 Å². The molecule has 2 N–H and O–H groups in total. The number of fused-ring (bicyclic) bond motifs is 1. The standard InChI is InChI=1S/C18H18ClN3O2/c1-22-16-6-5-12(9-13(16)10-17(22)23)7-8-20-18(24)21-15-4-2-3-14(19)11-15/h2-6,9,11H,7-8,10H2,1H3,(H2,20,21,24). The highest BCUT2D eigenvalue weighted by molar-refractivity contribution is 6.30. The number of carbonyl (C=O) groups excluding carboxylic acids is 2. The number of nitrogens with one attached hydrogen (secondary N) is 2. The Morgan fingerprint density at radius 2 is 2.08 bits per heavy atom. The topological polar surface area (TPSA) is 61.4 Å². The van der Waals surface area contributed by atoms with Gasteiger partial charge in [0.25, 0.3) is 0 Å². The van der Waals surface area contributed by atoms with Crippen LogP contribution in [-0.4, -0.2) is 25.5 Å². The zero-order chi connectivity index (χ0) is 17.1. The Morgan fingerprint density at radius 1 is 1.25 bits per heavy atom. The summed E-state index contributed by atoms with van der Waals surface area (Å²) in [7, 11) is 1.79. The molecule has 0 bridgehead atoms. The van der Waals surface area contributed by atoms with E-state index < -0.39 is 0 Å². The summed E-state index contributed by atoms with van der Waals surface area (Å²) in [5, 5.41) is 6.12. The lowest BCUT2D eigenvalue weighted by Crippen LogP contribution is -2.30. The van der Waals surface area contributed by atoms with Gasteiger partial charge < -0.3 is 15.5 Å². The summed E-state index contributed by atoms with van der Waals surface area (Å²) in [6.45, 7) is 0.509. The first-order valence-corrected chi connectivity index (χ1v) is 8.09. The maximum atomic E-state index is 11.9. The van der Waals surface area contributed by atoms with E-state index in [0.717, 1.165) is 16.8 Å². The molecular formula is C18H18ClN3O2. The van der Waals surface area contributed by atoms with Crippen LogP contribution >= 0.6 is 11.6 Å². The second kappa shape index (κ2) is 6.93. The molecule has 3 amide bonds. The molecule has 0 saturated carbocycles. The summed E-state index contributed by atoms with van der Waals surface area (Å²) >= 11 is 5.88. The number of likely N-dealkylation sites (N-methyl/N-ethyl adjacent to an activating group) is 1. The van der Waals surface area contributed by atoms with Crippen LogP contribution in [-0.2, 0) is 17.6 Å². The number of hydrogen-bond donors (Lipinski definition) is 2. The van der Waals surface area contributed by atoms with Crippen molar-refractivity contribution >= 4 is 34.9 Å². The Morgan fingerprint density at radius 3 is 2.88 bits per heavy atom. The first kappa shape index (κ1) is 16.3. The Kier molecular flexibility index (Phi) is 4.71. The Labute approximate surface area is 145 Å². The molecule has 0 radical (unpaired) electrons. The molecule has 2 aromatic rings. The van der Waals surface area contributed by atoms with Crippen molar-refractivity contribution in [1.29, 1.82) is 0 Å². The number of amides is 3. The van der Waals surface area contributed by atoms with Gasteiger partial charge in [0.15, 0.2) is 0 Å². The van der Waals surface area contributed by atoms with Crippen molar-refractivity contribution in [1.82, 2.24) is 5.32 Å². The van der Waals surface area contributed by atoms with E-state index in [1.807, 2.05) is 18.2 Å². The monoisotopic (exact) mass is 343 g/mol. The molecule has 2 aromatic carbocycles. The lowest BCUT2D eigenvalue weighted by molar-refractivity contribution is -0.117. The van der Waals surface area contributed by atoms with Crippen LogP contribution in [0.3, 0.4) is 0 Å². The van der Waals surface area contributed by atoms with Gasteiger partial charge in [-0.3, -0.25) is 4.79 Å². The number of urea groups is 1. The number of halogens is 1. The number of carbonyl (C=O) groups is 2. The smallest absolute Gasteiger partial charge is 0.319 e. The largest absolute Gasteiger partial charge is 0.338 e. The third-order valence-electron chi connectivity index (χ3n) is 4.00. The first-order valence-electron chi connectivity index (χ1n) is 7.72. The highest BCUT2D eigenvalue weighted by Gasteiger charge is 2.23. The molecular weight excluding hydrogens is 326 g/mol. The van der Waals surface area contributed by atoms with Gasteiger partial charge >= 0.3 is 6.03 Å². The molecule has 0 spiro atoms. The van der Waals surface area contributed by atoms with Gasteiger partial charge in [-0.1, -0.05) is 29.8 Å². The van der Waals surface area contributed by atoms with E-state index in [2.05, 4.69) is 10.6 Å². The van der Waals surface area contributed by atoms with Crippen LogP contribution in [0.5, 0.6) is 0 Å². The van der Waals surface area contributed by atoms with Gasteiger partial charge in [0.2, 0.25) is 5.91 Å². The Hall–Kier alpha value is -2.53. The predicted molar refractivity (Wildman–Crippen MR) is 95.7 cm³/mol. The predicted octanol–water partition coefficient (Wildman–Crippen LogP) is 3.22. The van der Waals surface area contributed by atoms with Crippen molar-refractivity contribution in [3.63, 3.8) is 0 Å². The minimum Gasteiger partial charge on any atom is -0.338 e. The van der Waals surface area contributed by atoms with Crippen molar-refractivity contribution in [2.24, 2.45) is 0 Å². The van der Waals surface area contributed by atoms with Gasteiger partial charge in [-0.15, -0.1) is 0 Å². The number of rotatable bonds is 4. The number of anilines is 2.